The molecule has 3 N–H and O–H groups in total. The minimum Gasteiger partial charge on any atom is -0.385 e. The molecule has 4 aromatic rings. The third-order valence-corrected chi connectivity index (χ3v) is 7.86. The summed E-state index contributed by atoms with van der Waals surface area (Å²) in [5.41, 5.74) is 9.71. The second-order valence-corrected chi connectivity index (χ2v) is 11.6. The van der Waals surface area contributed by atoms with E-state index in [-0.39, 0.29) is 66.7 Å². The van der Waals surface area contributed by atoms with Crippen molar-refractivity contribution in [3.05, 3.63) is 130 Å². The Morgan fingerprint density at radius 2 is 0.500 bits per heavy atom. The number of aliphatic hydroxyl groups excluding tert-OH is 3. The largest absolute Gasteiger partial charge is 0.385 e. The topological polar surface area (TPSA) is 115 Å². The highest BCUT2D eigenvalue weighted by molar-refractivity contribution is 6.13. The van der Waals surface area contributed by atoms with Crippen molar-refractivity contribution in [2.45, 2.75) is 186 Å². The van der Waals surface area contributed by atoms with E-state index >= 15 is 0 Å². The highest BCUT2D eigenvalue weighted by Gasteiger charge is 2.36. The van der Waals surface area contributed by atoms with Gasteiger partial charge in [-0.15, -0.1) is 0 Å². The van der Waals surface area contributed by atoms with Crippen molar-refractivity contribution < 1.29 is 39.1 Å². The molecule has 0 atom stereocenters. The van der Waals surface area contributed by atoms with E-state index in [4.69, 9.17) is 15.3 Å². The number of benzene rings is 4. The van der Waals surface area contributed by atoms with Crippen LogP contribution in [0.1, 0.15) is 213 Å². The molecule has 2 aliphatic rings. The fourth-order valence-electron chi connectivity index (χ4n) is 5.41. The fraction of sp³-hybridized carbons (Fsp3) is 0.583. The van der Waals surface area contributed by atoms with Gasteiger partial charge in [-0.25, -0.2) is 0 Å². The molecule has 0 radical (unpaired) electrons. The Morgan fingerprint density at radius 1 is 0.353 bits per heavy atom. The van der Waals surface area contributed by atoms with Crippen LogP contribution in [0.25, 0.3) is 11.1 Å². The summed E-state index contributed by atoms with van der Waals surface area (Å²) in [5.74, 6) is 0.149. The highest BCUT2D eigenvalue weighted by atomic mass is 16.6. The van der Waals surface area contributed by atoms with Crippen LogP contribution in [0.15, 0.2) is 97.1 Å². The molecular weight excluding hydrogens is 849 g/mol. The van der Waals surface area contributed by atoms with Crippen molar-refractivity contribution in [3.63, 3.8) is 0 Å². The van der Waals surface area contributed by atoms with E-state index in [2.05, 4.69) is 107 Å². The van der Waals surface area contributed by atoms with E-state index in [0.29, 0.717) is 0 Å². The van der Waals surface area contributed by atoms with E-state index < -0.39 is 0 Å². The number of carbonyl (C=O) groups excluding carboxylic acids is 1. The Kier molecular flexibility index (Phi) is 96.7. The molecule has 0 aromatic heterocycles. The molecule has 2 aliphatic carbocycles. The van der Waals surface area contributed by atoms with Crippen molar-refractivity contribution in [1.82, 2.24) is 0 Å². The normalized spacial score (nSPS) is 10.0. The van der Waals surface area contributed by atoms with Gasteiger partial charge in [0.25, 0.3) is 0 Å². The van der Waals surface area contributed by atoms with Crippen LogP contribution in [0.2, 0.25) is 0 Å². The molecule has 0 unspecified atom stereocenters. The second kappa shape index (κ2) is 69.8. The molecule has 0 heterocycles. The molecule has 0 bridgehead atoms. The minimum atomic E-state index is -0.181. The average Bonchev–Trinajstić information content (AvgIpc) is 3.64. The molecule has 0 saturated carbocycles. The summed E-state index contributed by atoms with van der Waals surface area (Å²) in [7, 11) is 5.97. The first-order valence-corrected chi connectivity index (χ1v) is 23.7. The van der Waals surface area contributed by atoms with E-state index in [1.54, 1.807) is 7.11 Å². The van der Waals surface area contributed by atoms with Gasteiger partial charge in [-0.1, -0.05) is 265 Å². The lowest BCUT2D eigenvalue weighted by molar-refractivity contribution is 0.0322. The lowest BCUT2D eigenvalue weighted by atomic mass is 9.68. The van der Waals surface area contributed by atoms with Crippen LogP contribution in [0.3, 0.4) is 0 Å². The molecule has 0 saturated heterocycles. The summed E-state index contributed by atoms with van der Waals surface area (Å²) in [4.78, 5) is 12.4. The van der Waals surface area contributed by atoms with Gasteiger partial charge in [0, 0.05) is 57.0 Å². The van der Waals surface area contributed by atoms with Gasteiger partial charge in [-0.2, -0.15) is 0 Å². The van der Waals surface area contributed by atoms with Crippen molar-refractivity contribution in [1.29, 1.82) is 0 Å². The van der Waals surface area contributed by atoms with Gasteiger partial charge in [-0.05, 0) is 40.3 Å². The van der Waals surface area contributed by atoms with Crippen molar-refractivity contribution in [2.75, 3.05) is 55.4 Å². The number of ether oxygens (including phenoxy) is 4. The SMILES string of the molecule is C.C.C.C.CC.CC.CC.CC.CC.CC.CC.CC.CC1(C)c2ccccc2-c2ccccc21.CC1(C)c2ccccc2C(=O)c2ccccc21.CCOC.COCO.COCO.COCO. The zero-order valence-corrected chi connectivity index (χ0v) is 45.9. The fourth-order valence-corrected chi connectivity index (χ4v) is 5.41. The predicted octanol–water partition coefficient (Wildman–Crippen LogP) is 17.7. The standard InChI is InChI=1S/C16H14O.C15H14.C3H8O.3C2H6O2.8C2H6.4CH4/c1-16(2)13-9-5-3-7-11(13)15(17)12-8-4-6-10-14(12)16;1-15(2)13-9-5-3-7-11(13)12-8-4-6-10-14(12)15;1-3-4-2;3*1-4-2-3;8*1-2;;;;/h3-10H,1-2H3;3-10H,1-2H3;3H2,1-2H3;3*3H,2H2,1H3;8*1-2H3;4*1H4. The number of carbonyl (C=O) groups is 1. The number of fused-ring (bicyclic) bond motifs is 5. The number of rotatable bonds is 4. The maximum Gasteiger partial charge on any atom is 0.193 e. The zero-order chi connectivity index (χ0) is 52.2. The van der Waals surface area contributed by atoms with Crippen LogP contribution in [0, 0.1) is 0 Å². The maximum absolute atomic E-state index is 12.4. The summed E-state index contributed by atoms with van der Waals surface area (Å²) in [5, 5.41) is 23.0. The lowest BCUT2D eigenvalue weighted by Crippen LogP contribution is -2.30. The zero-order valence-electron chi connectivity index (χ0n) is 45.9. The van der Waals surface area contributed by atoms with Crippen LogP contribution in [0.5, 0.6) is 0 Å². The first-order valence-electron chi connectivity index (χ1n) is 23.7. The molecule has 8 nitrogen and oxygen atoms in total. The van der Waals surface area contributed by atoms with Gasteiger partial charge >= 0.3 is 0 Å². The first kappa shape index (κ1) is 94.2. The minimum absolute atomic E-state index is 0. The number of hydrogen-bond acceptors (Lipinski definition) is 8. The third kappa shape index (κ3) is 36.3. The monoisotopic (exact) mass is 967 g/mol. The van der Waals surface area contributed by atoms with Gasteiger partial charge in [-0.3, -0.25) is 4.79 Å². The van der Waals surface area contributed by atoms with Crippen molar-refractivity contribution >= 4 is 5.78 Å². The molecule has 68 heavy (non-hydrogen) atoms. The molecule has 0 fully saturated rings. The lowest BCUT2D eigenvalue weighted by Gasteiger charge is -2.34. The van der Waals surface area contributed by atoms with Crippen LogP contribution in [0.4, 0.5) is 0 Å². The number of ketones is 1. The van der Waals surface area contributed by atoms with Gasteiger partial charge < -0.3 is 34.3 Å². The molecule has 6 rings (SSSR count). The quantitative estimate of drug-likeness (QED) is 0.173. The van der Waals surface area contributed by atoms with Crippen LogP contribution >= 0.6 is 0 Å². The Morgan fingerprint density at radius 3 is 0.662 bits per heavy atom. The summed E-state index contributed by atoms with van der Waals surface area (Å²) in [6.07, 6.45) is 0. The van der Waals surface area contributed by atoms with Crippen LogP contribution < -0.4 is 0 Å². The van der Waals surface area contributed by atoms with E-state index in [0.717, 1.165) is 28.9 Å². The van der Waals surface area contributed by atoms with E-state index in [9.17, 15) is 4.79 Å². The van der Waals surface area contributed by atoms with Crippen LogP contribution in [-0.4, -0.2) is 76.5 Å². The van der Waals surface area contributed by atoms with E-state index in [1.165, 1.54) is 43.6 Å². The first-order chi connectivity index (χ1) is 31.0. The molecule has 4 aromatic carbocycles. The molecule has 0 aliphatic heterocycles. The van der Waals surface area contributed by atoms with Gasteiger partial charge in [0.2, 0.25) is 0 Å². The smallest absolute Gasteiger partial charge is 0.193 e. The summed E-state index contributed by atoms with van der Waals surface area (Å²) >= 11 is 0. The number of hydrogen-bond donors (Lipinski definition) is 3. The average molecular weight is 968 g/mol. The molecular formula is C60H118O8. The van der Waals surface area contributed by atoms with Crippen molar-refractivity contribution in [2.24, 2.45) is 0 Å². The summed E-state index contributed by atoms with van der Waals surface area (Å²) in [6, 6.07) is 33.3. The Balaban J connectivity index is -0.0000000561. The van der Waals surface area contributed by atoms with E-state index in [1.807, 2.05) is 154 Å². The van der Waals surface area contributed by atoms with Gasteiger partial charge in [0.1, 0.15) is 20.4 Å². The summed E-state index contributed by atoms with van der Waals surface area (Å²) < 4.78 is 16.8. The molecule has 0 amide bonds. The molecule has 0 spiro atoms. The Hall–Kier alpha value is -3.73. The highest BCUT2D eigenvalue weighted by Crippen LogP contribution is 2.48. The van der Waals surface area contributed by atoms with Gasteiger partial charge in [0.15, 0.2) is 5.78 Å². The Labute approximate surface area is 426 Å². The Bertz CT molecular complexity index is 1380. The number of aliphatic hydroxyl groups is 3. The third-order valence-electron chi connectivity index (χ3n) is 7.86. The second-order valence-electron chi connectivity index (χ2n) is 11.6. The predicted molar refractivity (Wildman–Crippen MR) is 310 cm³/mol. The molecule has 8 heteroatoms. The number of methoxy groups -OCH3 is 4. The maximum atomic E-state index is 12.4. The van der Waals surface area contributed by atoms with Crippen molar-refractivity contribution in [3.8, 4) is 11.1 Å². The molecule has 406 valence electrons. The van der Waals surface area contributed by atoms with Gasteiger partial charge in [0.05, 0.1) is 0 Å². The van der Waals surface area contributed by atoms with Crippen LogP contribution in [-0.2, 0) is 29.8 Å². The summed E-state index contributed by atoms with van der Waals surface area (Å²) in [6.45, 7) is 43.2.